The molecule has 0 spiro atoms. The summed E-state index contributed by atoms with van der Waals surface area (Å²) in [4.78, 5) is 19.6. The molecular weight excluding hydrogens is 490 g/mol. The monoisotopic (exact) mass is 525 g/mol. The summed E-state index contributed by atoms with van der Waals surface area (Å²) in [6, 6.07) is 14.7. The van der Waals surface area contributed by atoms with Crippen molar-refractivity contribution in [2.24, 2.45) is 5.11 Å². The third-order valence-corrected chi connectivity index (χ3v) is 6.15. The van der Waals surface area contributed by atoms with Gasteiger partial charge in [0.25, 0.3) is 5.91 Å². The van der Waals surface area contributed by atoms with Crippen molar-refractivity contribution in [3.63, 3.8) is 0 Å². The zero-order valence-electron chi connectivity index (χ0n) is 21.8. The van der Waals surface area contributed by atoms with E-state index < -0.39 is 12.1 Å². The van der Waals surface area contributed by atoms with Crippen molar-refractivity contribution in [1.29, 1.82) is 0 Å². The first-order chi connectivity index (χ1) is 18.5. The van der Waals surface area contributed by atoms with Gasteiger partial charge in [-0.05, 0) is 35.7 Å². The lowest BCUT2D eigenvalue weighted by Crippen LogP contribution is -2.45. The molecule has 0 saturated carbocycles. The molecule has 204 valence electrons. The molecule has 1 aliphatic rings. The molecule has 0 aromatic heterocycles. The molecule has 2 N–H and O–H groups in total. The summed E-state index contributed by atoms with van der Waals surface area (Å²) in [6.07, 6.45) is -0.643. The number of hydrogen-bond donors (Lipinski definition) is 2. The lowest BCUT2D eigenvalue weighted by Gasteiger charge is -2.36. The standard InChI is InChI=1S/C27H35N5O6/c1-3-20-8-7-11-22-23(20)25(33)24(26(34)31(22)2)27(35)32(21-9-5-4-6-10-21)13-15-37-17-19-38-18-16-36-14-12-29-30-28/h4-11,26,33-34H,3,12-19H2,1-2H3. The van der Waals surface area contributed by atoms with Gasteiger partial charge in [0.2, 0.25) is 0 Å². The number of aliphatic hydroxyl groups excluding tert-OH is 2. The number of carbonyl (C=O) groups is 1. The fourth-order valence-electron chi connectivity index (χ4n) is 4.19. The molecule has 3 rings (SSSR count). The average molecular weight is 526 g/mol. The van der Waals surface area contributed by atoms with Gasteiger partial charge < -0.3 is 34.2 Å². The van der Waals surface area contributed by atoms with E-state index in [2.05, 4.69) is 10.0 Å². The minimum Gasteiger partial charge on any atom is -0.507 e. The summed E-state index contributed by atoms with van der Waals surface area (Å²) in [5.41, 5.74) is 10.9. The van der Waals surface area contributed by atoms with Crippen LogP contribution in [-0.4, -0.2) is 82.1 Å². The first kappa shape index (κ1) is 29.0. The first-order valence-electron chi connectivity index (χ1n) is 12.6. The van der Waals surface area contributed by atoms with Gasteiger partial charge in [0, 0.05) is 36.3 Å². The summed E-state index contributed by atoms with van der Waals surface area (Å²) in [5.74, 6) is -0.702. The zero-order valence-corrected chi connectivity index (χ0v) is 21.8. The van der Waals surface area contributed by atoms with E-state index >= 15 is 0 Å². The third-order valence-electron chi connectivity index (χ3n) is 6.15. The SMILES string of the molecule is CCc1cccc2c1C(O)=C(C(=O)N(CCOCCOCCOCCN=[N+]=[N-])c1ccccc1)C(O)N2C. The summed E-state index contributed by atoms with van der Waals surface area (Å²) in [5, 5.41) is 25.6. The Bertz CT molecular complexity index is 1140. The van der Waals surface area contributed by atoms with Gasteiger partial charge in [0.1, 0.15) is 11.3 Å². The van der Waals surface area contributed by atoms with Crippen molar-refractivity contribution in [3.05, 3.63) is 75.7 Å². The second kappa shape index (κ2) is 15.0. The number of benzene rings is 2. The molecule has 11 nitrogen and oxygen atoms in total. The van der Waals surface area contributed by atoms with E-state index in [1.54, 1.807) is 24.1 Å². The maximum Gasteiger partial charge on any atom is 0.262 e. The Kier molecular flexibility index (Phi) is 11.4. The second-order valence-electron chi connectivity index (χ2n) is 8.50. The number of aryl methyl sites for hydroxylation is 1. The largest absolute Gasteiger partial charge is 0.507 e. The van der Waals surface area contributed by atoms with Crippen molar-refractivity contribution in [1.82, 2.24) is 0 Å². The molecule has 1 amide bonds. The molecule has 0 bridgehead atoms. The molecule has 0 saturated heterocycles. The lowest BCUT2D eigenvalue weighted by atomic mass is 9.93. The number of fused-ring (bicyclic) bond motifs is 1. The van der Waals surface area contributed by atoms with E-state index in [1.807, 2.05) is 43.3 Å². The van der Waals surface area contributed by atoms with E-state index in [-0.39, 0.29) is 31.0 Å². The number of ether oxygens (including phenoxy) is 3. The summed E-state index contributed by atoms with van der Waals surface area (Å²) < 4.78 is 16.4. The van der Waals surface area contributed by atoms with Crippen LogP contribution in [0.2, 0.25) is 0 Å². The number of para-hydroxylation sites is 1. The summed E-state index contributed by atoms with van der Waals surface area (Å²) >= 11 is 0. The maximum atomic E-state index is 13.8. The summed E-state index contributed by atoms with van der Waals surface area (Å²) in [7, 11) is 1.70. The van der Waals surface area contributed by atoms with Crippen LogP contribution in [0.3, 0.4) is 0 Å². The Morgan fingerprint density at radius 1 is 1.03 bits per heavy atom. The van der Waals surface area contributed by atoms with Gasteiger partial charge >= 0.3 is 0 Å². The molecular formula is C27H35N5O6. The van der Waals surface area contributed by atoms with Gasteiger partial charge in [-0.3, -0.25) is 4.79 Å². The predicted molar refractivity (Wildman–Crippen MR) is 145 cm³/mol. The predicted octanol–water partition coefficient (Wildman–Crippen LogP) is 3.68. The topological polar surface area (TPSA) is 140 Å². The maximum absolute atomic E-state index is 13.8. The molecule has 2 aromatic rings. The van der Waals surface area contributed by atoms with E-state index in [4.69, 9.17) is 19.7 Å². The number of azide groups is 1. The lowest BCUT2D eigenvalue weighted by molar-refractivity contribution is -0.116. The second-order valence-corrected chi connectivity index (χ2v) is 8.50. The number of likely N-dealkylation sites (N-methyl/N-ethyl adjacent to an activating group) is 1. The molecule has 1 heterocycles. The van der Waals surface area contributed by atoms with Crippen molar-refractivity contribution in [3.8, 4) is 0 Å². The van der Waals surface area contributed by atoms with Gasteiger partial charge in [-0.25, -0.2) is 0 Å². The number of aliphatic hydroxyl groups is 2. The number of rotatable bonds is 15. The van der Waals surface area contributed by atoms with Gasteiger partial charge in [0.05, 0.1) is 45.3 Å². The Morgan fingerprint density at radius 3 is 2.34 bits per heavy atom. The fraction of sp³-hybridized carbons (Fsp3) is 0.444. The fourth-order valence-corrected chi connectivity index (χ4v) is 4.19. The van der Waals surface area contributed by atoms with Crippen molar-refractivity contribution in [2.75, 3.05) is 69.6 Å². The average Bonchev–Trinajstić information content (AvgIpc) is 2.94. The quantitative estimate of drug-likeness (QED) is 0.156. The van der Waals surface area contributed by atoms with Crippen LogP contribution in [0.25, 0.3) is 16.2 Å². The van der Waals surface area contributed by atoms with Crippen LogP contribution in [-0.2, 0) is 25.4 Å². The summed E-state index contributed by atoms with van der Waals surface area (Å²) in [6.45, 7) is 4.48. The number of anilines is 2. The van der Waals surface area contributed by atoms with Crippen LogP contribution in [0.5, 0.6) is 0 Å². The van der Waals surface area contributed by atoms with Crippen LogP contribution in [0.15, 0.2) is 59.2 Å². The van der Waals surface area contributed by atoms with Gasteiger partial charge in [0.15, 0.2) is 6.23 Å². The van der Waals surface area contributed by atoms with E-state index in [0.29, 0.717) is 56.4 Å². The number of hydrogen-bond acceptors (Lipinski definition) is 8. The van der Waals surface area contributed by atoms with Gasteiger partial charge in [-0.1, -0.05) is 42.4 Å². The van der Waals surface area contributed by atoms with E-state index in [1.165, 1.54) is 4.90 Å². The van der Waals surface area contributed by atoms with Gasteiger partial charge in [-0.2, -0.15) is 0 Å². The zero-order chi connectivity index (χ0) is 27.3. The number of nitrogens with zero attached hydrogens (tertiary/aromatic N) is 5. The molecule has 2 aromatic carbocycles. The Labute approximate surface area is 222 Å². The Balaban J connectivity index is 1.64. The third kappa shape index (κ3) is 7.25. The van der Waals surface area contributed by atoms with Crippen LogP contribution < -0.4 is 9.80 Å². The Morgan fingerprint density at radius 2 is 1.68 bits per heavy atom. The molecule has 0 aliphatic carbocycles. The van der Waals surface area contributed by atoms with Gasteiger partial charge in [-0.15, -0.1) is 0 Å². The van der Waals surface area contributed by atoms with Crippen LogP contribution in [0, 0.1) is 0 Å². The van der Waals surface area contributed by atoms with Crippen LogP contribution in [0.4, 0.5) is 11.4 Å². The number of carbonyl (C=O) groups excluding carboxylic acids is 1. The molecule has 0 fully saturated rings. The highest BCUT2D eigenvalue weighted by atomic mass is 16.5. The highest BCUT2D eigenvalue weighted by Crippen LogP contribution is 2.38. The molecule has 11 heteroatoms. The molecule has 1 atom stereocenters. The highest BCUT2D eigenvalue weighted by Gasteiger charge is 2.37. The minimum atomic E-state index is -1.31. The van der Waals surface area contributed by atoms with Crippen molar-refractivity contribution < 1.29 is 29.2 Å². The normalized spacial score (nSPS) is 14.7. The first-order valence-corrected chi connectivity index (χ1v) is 12.6. The number of amides is 1. The van der Waals surface area contributed by atoms with E-state index in [0.717, 1.165) is 5.56 Å². The smallest absolute Gasteiger partial charge is 0.262 e. The highest BCUT2D eigenvalue weighted by molar-refractivity contribution is 6.12. The minimum absolute atomic E-state index is 0.0754. The van der Waals surface area contributed by atoms with Crippen LogP contribution in [0.1, 0.15) is 18.1 Å². The molecule has 0 radical (unpaired) electrons. The molecule has 1 aliphatic heterocycles. The molecule has 1 unspecified atom stereocenters. The van der Waals surface area contributed by atoms with E-state index in [9.17, 15) is 15.0 Å². The van der Waals surface area contributed by atoms with Crippen molar-refractivity contribution >= 4 is 23.0 Å². The Hall–Kier alpha value is -3.60. The molecule has 38 heavy (non-hydrogen) atoms. The van der Waals surface area contributed by atoms with Crippen molar-refractivity contribution in [2.45, 2.75) is 19.6 Å². The van der Waals surface area contributed by atoms with Crippen LogP contribution >= 0.6 is 0 Å².